The highest BCUT2D eigenvalue weighted by molar-refractivity contribution is 9.08. The van der Waals surface area contributed by atoms with Gasteiger partial charge in [-0.25, -0.2) is 22.8 Å². The molecule has 0 spiro atoms. The van der Waals surface area contributed by atoms with E-state index in [1.807, 2.05) is 0 Å². The van der Waals surface area contributed by atoms with Gasteiger partial charge in [-0.2, -0.15) is 13.2 Å². The molecule has 10 nitrogen and oxygen atoms in total. The normalized spacial score (nSPS) is 11.7. The Labute approximate surface area is 245 Å². The second-order valence-electron chi connectivity index (χ2n) is 9.03. The lowest BCUT2D eigenvalue weighted by Crippen LogP contribution is -2.40. The Kier molecular flexibility index (Phi) is 7.64. The van der Waals surface area contributed by atoms with Crippen LogP contribution in [0.4, 0.5) is 27.6 Å². The van der Waals surface area contributed by atoms with E-state index >= 15 is 4.39 Å². The molecule has 0 atom stereocenters. The van der Waals surface area contributed by atoms with Crippen LogP contribution in [0.3, 0.4) is 0 Å². The van der Waals surface area contributed by atoms with Crippen molar-refractivity contribution < 1.29 is 31.6 Å². The quantitative estimate of drug-likeness (QED) is 0.0983. The Hall–Kier alpha value is -4.86. The first-order valence-electron chi connectivity index (χ1n) is 12.1. The van der Waals surface area contributed by atoms with E-state index in [9.17, 15) is 37.3 Å². The van der Waals surface area contributed by atoms with Crippen LogP contribution in [0.1, 0.15) is 16.8 Å². The van der Waals surface area contributed by atoms with Gasteiger partial charge in [-0.05, 0) is 36.4 Å². The van der Waals surface area contributed by atoms with Crippen LogP contribution in [0.5, 0.6) is 5.75 Å². The molecule has 0 bridgehead atoms. The summed E-state index contributed by atoms with van der Waals surface area (Å²) in [5, 5.41) is 15.0. The van der Waals surface area contributed by atoms with Gasteiger partial charge < -0.3 is 4.74 Å². The van der Waals surface area contributed by atoms with Crippen LogP contribution >= 0.6 is 15.9 Å². The van der Waals surface area contributed by atoms with E-state index in [1.54, 1.807) is 0 Å². The number of hydrogen-bond acceptors (Lipinski definition) is 6. The molecular formula is C27H17BrF5N5O5. The molecule has 2 aromatic heterocycles. The van der Waals surface area contributed by atoms with Crippen LogP contribution in [-0.2, 0) is 18.1 Å². The van der Waals surface area contributed by atoms with Crippen molar-refractivity contribution >= 4 is 32.7 Å². The Balaban J connectivity index is 1.90. The van der Waals surface area contributed by atoms with Crippen molar-refractivity contribution in [2.75, 3.05) is 7.11 Å². The van der Waals surface area contributed by atoms with Crippen molar-refractivity contribution in [3.8, 4) is 17.1 Å². The van der Waals surface area contributed by atoms with Crippen molar-refractivity contribution in [3.63, 3.8) is 0 Å². The number of benzene rings is 3. The van der Waals surface area contributed by atoms with Crippen LogP contribution in [0, 0.1) is 21.7 Å². The Bertz CT molecular complexity index is 2020. The number of nitrogens with zero attached hydrogens (tertiary/aromatic N) is 5. The van der Waals surface area contributed by atoms with Crippen LogP contribution in [-0.4, -0.2) is 30.9 Å². The molecule has 16 heteroatoms. The van der Waals surface area contributed by atoms with Crippen molar-refractivity contribution in [1.82, 2.24) is 18.9 Å². The largest absolute Gasteiger partial charge is 0.494 e. The number of ether oxygens (including phenoxy) is 1. The lowest BCUT2D eigenvalue weighted by Gasteiger charge is -2.17. The molecule has 0 unspecified atom stereocenters. The number of aromatic nitrogens is 4. The molecule has 0 aliphatic rings. The molecule has 5 rings (SSSR count). The third-order valence-corrected chi connectivity index (χ3v) is 7.16. The highest BCUT2D eigenvalue weighted by atomic mass is 79.9. The number of non-ortho nitro benzene ring substituents is 1. The van der Waals surface area contributed by atoms with Crippen molar-refractivity contribution in [2.45, 2.75) is 18.1 Å². The van der Waals surface area contributed by atoms with Crippen molar-refractivity contribution in [3.05, 3.63) is 120 Å². The minimum Gasteiger partial charge on any atom is -0.494 e. The molecule has 0 aliphatic heterocycles. The topological polar surface area (TPSA) is 114 Å². The van der Waals surface area contributed by atoms with E-state index in [-0.39, 0.29) is 33.5 Å². The summed E-state index contributed by atoms with van der Waals surface area (Å²) >= 11 is 3.25. The number of methoxy groups -OCH3 is 1. The summed E-state index contributed by atoms with van der Waals surface area (Å²) in [6.45, 7) is -1.04. The number of fused-ring (bicyclic) bond motifs is 1. The maximum Gasteiger partial charge on any atom is 0.416 e. The fourth-order valence-electron chi connectivity index (χ4n) is 4.64. The summed E-state index contributed by atoms with van der Waals surface area (Å²) in [5.74, 6) is -2.72. The van der Waals surface area contributed by atoms with Gasteiger partial charge in [0.2, 0.25) is 0 Å². The number of rotatable bonds is 7. The number of nitro groups is 1. The molecule has 0 saturated carbocycles. The molecule has 0 N–H and O–H groups in total. The van der Waals surface area contributed by atoms with Crippen LogP contribution in [0.2, 0.25) is 0 Å². The van der Waals surface area contributed by atoms with Gasteiger partial charge in [-0.3, -0.25) is 19.5 Å². The highest BCUT2D eigenvalue weighted by Gasteiger charge is 2.35. The second kappa shape index (κ2) is 11.1. The highest BCUT2D eigenvalue weighted by Crippen LogP contribution is 2.34. The van der Waals surface area contributed by atoms with Gasteiger partial charge in [0.1, 0.15) is 11.2 Å². The van der Waals surface area contributed by atoms with E-state index in [1.165, 1.54) is 24.3 Å². The molecule has 0 aliphatic carbocycles. The predicted molar refractivity (Wildman–Crippen MR) is 147 cm³/mol. The van der Waals surface area contributed by atoms with Gasteiger partial charge in [-0.15, -0.1) is 5.10 Å². The summed E-state index contributed by atoms with van der Waals surface area (Å²) in [4.78, 5) is 38.3. The van der Waals surface area contributed by atoms with Gasteiger partial charge >= 0.3 is 11.9 Å². The first-order chi connectivity index (χ1) is 20.4. The molecule has 0 fully saturated rings. The molecule has 5 aromatic rings. The Morgan fingerprint density at radius 1 is 1.02 bits per heavy atom. The van der Waals surface area contributed by atoms with Crippen molar-refractivity contribution in [1.29, 1.82) is 0 Å². The van der Waals surface area contributed by atoms with E-state index in [0.717, 1.165) is 42.1 Å². The van der Waals surface area contributed by atoms with Gasteiger partial charge in [0, 0.05) is 23.0 Å². The number of alkyl halides is 4. The number of halogens is 6. The predicted octanol–water partition coefficient (Wildman–Crippen LogP) is 5.50. The average Bonchev–Trinajstić information content (AvgIpc) is 3.36. The van der Waals surface area contributed by atoms with E-state index < -0.39 is 63.0 Å². The van der Waals surface area contributed by atoms with Gasteiger partial charge in [0.15, 0.2) is 17.2 Å². The first kappa shape index (κ1) is 29.6. The molecule has 0 amide bonds. The maximum absolute atomic E-state index is 15.4. The fraction of sp³-hybridized carbons (Fsp3) is 0.148. The monoisotopic (exact) mass is 665 g/mol. The zero-order valence-electron chi connectivity index (χ0n) is 21.7. The summed E-state index contributed by atoms with van der Waals surface area (Å²) in [6, 6.07) is 10.8. The van der Waals surface area contributed by atoms with Gasteiger partial charge in [-0.1, -0.05) is 28.1 Å². The Morgan fingerprint density at radius 3 is 2.30 bits per heavy atom. The summed E-state index contributed by atoms with van der Waals surface area (Å²) in [6.07, 6.45) is -5.01. The summed E-state index contributed by atoms with van der Waals surface area (Å²) < 4.78 is 79.1. The molecule has 0 saturated heterocycles. The summed E-state index contributed by atoms with van der Waals surface area (Å²) in [7, 11) is 1.15. The van der Waals surface area contributed by atoms with E-state index in [2.05, 4.69) is 21.0 Å². The molecule has 0 radical (unpaired) electrons. The summed E-state index contributed by atoms with van der Waals surface area (Å²) in [5.41, 5.74) is -5.66. The minimum absolute atomic E-state index is 0.0734. The standard InChI is InChI=1S/C27H17BrF5N5O5/c1-43-21-7-3-6-19(23(21)30)36-25(39)22-20(12-28)37(14-8-10-15(11-9-14)38(41)42)34-24(22)35(26(36)40)13-16-17(27(31,32)33)4-2-5-18(16)29/h2-11H,12-13H2,1H3. The molecule has 222 valence electrons. The third kappa shape index (κ3) is 5.07. The molecule has 2 heterocycles. The molecular weight excluding hydrogens is 649 g/mol. The second-order valence-corrected chi connectivity index (χ2v) is 9.59. The smallest absolute Gasteiger partial charge is 0.416 e. The van der Waals surface area contributed by atoms with Gasteiger partial charge in [0.05, 0.1) is 41.2 Å². The maximum atomic E-state index is 15.4. The zero-order chi connectivity index (χ0) is 31.2. The lowest BCUT2D eigenvalue weighted by atomic mass is 10.1. The lowest BCUT2D eigenvalue weighted by molar-refractivity contribution is -0.384. The zero-order valence-corrected chi connectivity index (χ0v) is 23.3. The molecule has 43 heavy (non-hydrogen) atoms. The first-order valence-corrected chi connectivity index (χ1v) is 13.3. The van der Waals surface area contributed by atoms with Crippen LogP contribution in [0.25, 0.3) is 22.4 Å². The third-order valence-electron chi connectivity index (χ3n) is 6.63. The van der Waals surface area contributed by atoms with E-state index in [4.69, 9.17) is 4.74 Å². The van der Waals surface area contributed by atoms with Crippen LogP contribution in [0.15, 0.2) is 70.3 Å². The Morgan fingerprint density at radius 2 is 1.70 bits per heavy atom. The number of hydrogen-bond donors (Lipinski definition) is 0. The van der Waals surface area contributed by atoms with Crippen molar-refractivity contribution in [2.24, 2.45) is 0 Å². The number of nitro benzene ring substituents is 1. The SMILES string of the molecule is COc1cccc(-n2c(=O)c3c(CBr)n(-c4ccc([N+](=O)[O-])cc4)nc3n(Cc3c(F)cccc3C(F)(F)F)c2=O)c1F. The fourth-order valence-corrected chi connectivity index (χ4v) is 5.16. The molecule has 3 aromatic carbocycles. The average molecular weight is 666 g/mol. The van der Waals surface area contributed by atoms with E-state index in [0.29, 0.717) is 15.2 Å². The van der Waals surface area contributed by atoms with Gasteiger partial charge in [0.25, 0.3) is 11.2 Å². The van der Waals surface area contributed by atoms with Crippen LogP contribution < -0.4 is 16.0 Å². The minimum atomic E-state index is -5.01.